The van der Waals surface area contributed by atoms with E-state index in [1.54, 1.807) is 13.3 Å². The van der Waals surface area contributed by atoms with Crippen LogP contribution in [0, 0.1) is 0 Å². The normalized spacial score (nSPS) is 13.7. The lowest BCUT2D eigenvalue weighted by molar-refractivity contribution is 0.0955. The van der Waals surface area contributed by atoms with E-state index < -0.39 is 0 Å². The van der Waals surface area contributed by atoms with Gasteiger partial charge in [-0.15, -0.1) is 0 Å². The lowest BCUT2D eigenvalue weighted by atomic mass is 9.95. The van der Waals surface area contributed by atoms with E-state index >= 15 is 0 Å². The Morgan fingerprint density at radius 2 is 2.04 bits per heavy atom. The number of ether oxygens (including phenoxy) is 1. The molecule has 0 saturated heterocycles. The highest BCUT2D eigenvalue weighted by atomic mass is 16.5. The monoisotopic (exact) mass is 347 g/mol. The van der Waals surface area contributed by atoms with Crippen LogP contribution in [0.1, 0.15) is 40.0 Å². The van der Waals surface area contributed by atoms with Gasteiger partial charge in [-0.3, -0.25) is 4.79 Å². The highest BCUT2D eigenvalue weighted by molar-refractivity contribution is 5.99. The van der Waals surface area contributed by atoms with Crippen LogP contribution in [0.4, 0.5) is 0 Å². The second kappa shape index (κ2) is 7.04. The molecule has 26 heavy (non-hydrogen) atoms. The number of aromatic nitrogens is 1. The van der Waals surface area contributed by atoms with Crippen molar-refractivity contribution >= 4 is 23.0 Å². The van der Waals surface area contributed by atoms with Crippen molar-refractivity contribution in [1.29, 1.82) is 0 Å². The van der Waals surface area contributed by atoms with Crippen LogP contribution in [0.3, 0.4) is 0 Å². The number of carbonyl (C=O) groups excluding carboxylic acids is 1. The van der Waals surface area contributed by atoms with Crippen LogP contribution in [0.25, 0.3) is 10.9 Å². The highest BCUT2D eigenvalue weighted by Crippen LogP contribution is 2.29. The first-order valence-corrected chi connectivity index (χ1v) is 8.86. The second-order valence-corrected chi connectivity index (χ2v) is 6.49. The van der Waals surface area contributed by atoms with Crippen molar-refractivity contribution in [2.45, 2.75) is 25.7 Å². The summed E-state index contributed by atoms with van der Waals surface area (Å²) in [6, 6.07) is 13.3. The molecule has 1 heterocycles. The fourth-order valence-electron chi connectivity index (χ4n) is 3.55. The maximum absolute atomic E-state index is 12.5. The number of aromatic amines is 1. The molecule has 0 aliphatic heterocycles. The van der Waals surface area contributed by atoms with Crippen LogP contribution in [-0.2, 0) is 12.8 Å². The topological polar surface area (TPSA) is 66.5 Å². The number of nitrogens with one attached hydrogen (secondary N) is 2. The van der Waals surface area contributed by atoms with E-state index in [0.717, 1.165) is 29.3 Å². The zero-order chi connectivity index (χ0) is 17.9. The number of hydrogen-bond donors (Lipinski definition) is 2. The van der Waals surface area contributed by atoms with Gasteiger partial charge < -0.3 is 9.72 Å². The van der Waals surface area contributed by atoms with Gasteiger partial charge in [0.15, 0.2) is 0 Å². The quantitative estimate of drug-likeness (QED) is 0.556. The fraction of sp³-hybridized carbons (Fsp3) is 0.238. The minimum absolute atomic E-state index is 0.219. The van der Waals surface area contributed by atoms with Crippen molar-refractivity contribution in [3.05, 3.63) is 64.8 Å². The lowest BCUT2D eigenvalue weighted by Crippen LogP contribution is -2.17. The molecule has 2 aromatic carbocycles. The summed E-state index contributed by atoms with van der Waals surface area (Å²) < 4.78 is 5.27. The first-order chi connectivity index (χ1) is 12.8. The number of aryl methyl sites for hydroxylation is 2. The molecule has 0 fully saturated rings. The molecule has 1 amide bonds. The SMILES string of the molecule is COc1ccccc1/C=N\NC(=O)c1ccc2[nH]c3c(c2c1)CCCC3. The van der Waals surface area contributed by atoms with Gasteiger partial charge in [-0.25, -0.2) is 5.43 Å². The number of nitrogens with zero attached hydrogens (tertiary/aromatic N) is 1. The van der Waals surface area contributed by atoms with Crippen LogP contribution in [0.15, 0.2) is 47.6 Å². The predicted molar refractivity (Wildman–Crippen MR) is 103 cm³/mol. The van der Waals surface area contributed by atoms with Gasteiger partial charge in [-0.2, -0.15) is 5.10 Å². The van der Waals surface area contributed by atoms with Gasteiger partial charge in [0.2, 0.25) is 0 Å². The number of benzene rings is 2. The Morgan fingerprint density at radius 3 is 2.92 bits per heavy atom. The summed E-state index contributed by atoms with van der Waals surface area (Å²) in [5.74, 6) is 0.495. The number of para-hydroxylation sites is 1. The van der Waals surface area contributed by atoms with Crippen molar-refractivity contribution in [3.63, 3.8) is 0 Å². The van der Waals surface area contributed by atoms with Crippen molar-refractivity contribution < 1.29 is 9.53 Å². The third kappa shape index (κ3) is 3.08. The summed E-state index contributed by atoms with van der Waals surface area (Å²) in [4.78, 5) is 15.9. The molecule has 0 atom stereocenters. The Balaban J connectivity index is 1.54. The molecule has 0 saturated carbocycles. The average molecular weight is 347 g/mol. The smallest absolute Gasteiger partial charge is 0.271 e. The van der Waals surface area contributed by atoms with Crippen molar-refractivity contribution in [2.24, 2.45) is 5.10 Å². The molecule has 3 aromatic rings. The Morgan fingerprint density at radius 1 is 1.19 bits per heavy atom. The molecule has 1 aliphatic carbocycles. The van der Waals surface area contributed by atoms with E-state index in [9.17, 15) is 4.79 Å². The van der Waals surface area contributed by atoms with E-state index in [1.807, 2.05) is 42.5 Å². The summed E-state index contributed by atoms with van der Waals surface area (Å²) in [5, 5.41) is 5.22. The molecule has 0 unspecified atom stereocenters. The zero-order valence-electron chi connectivity index (χ0n) is 14.7. The number of methoxy groups -OCH3 is 1. The molecule has 4 rings (SSSR count). The summed E-state index contributed by atoms with van der Waals surface area (Å²) in [6.45, 7) is 0. The maximum Gasteiger partial charge on any atom is 0.271 e. The first kappa shape index (κ1) is 16.4. The van der Waals surface area contributed by atoms with E-state index in [2.05, 4.69) is 15.5 Å². The van der Waals surface area contributed by atoms with Crippen LogP contribution in [-0.4, -0.2) is 24.2 Å². The lowest BCUT2D eigenvalue weighted by Gasteiger charge is -2.10. The van der Waals surface area contributed by atoms with Crippen molar-refractivity contribution in [3.8, 4) is 5.75 Å². The van der Waals surface area contributed by atoms with Crippen LogP contribution in [0.2, 0.25) is 0 Å². The fourth-order valence-corrected chi connectivity index (χ4v) is 3.55. The molecule has 132 valence electrons. The van der Waals surface area contributed by atoms with Crippen LogP contribution < -0.4 is 10.2 Å². The molecular formula is C21H21N3O2. The van der Waals surface area contributed by atoms with E-state index in [4.69, 9.17) is 4.74 Å². The molecule has 0 bridgehead atoms. The maximum atomic E-state index is 12.5. The number of carbonyl (C=O) groups is 1. The number of fused-ring (bicyclic) bond motifs is 3. The average Bonchev–Trinajstić information content (AvgIpc) is 3.06. The van der Waals surface area contributed by atoms with Gasteiger partial charge in [-0.1, -0.05) is 12.1 Å². The first-order valence-electron chi connectivity index (χ1n) is 8.86. The molecule has 2 N–H and O–H groups in total. The van der Waals surface area contributed by atoms with Gasteiger partial charge >= 0.3 is 0 Å². The second-order valence-electron chi connectivity index (χ2n) is 6.49. The third-order valence-corrected chi connectivity index (χ3v) is 4.87. The van der Waals surface area contributed by atoms with Crippen LogP contribution in [0.5, 0.6) is 5.75 Å². The summed E-state index contributed by atoms with van der Waals surface area (Å²) in [6.07, 6.45) is 6.19. The number of amides is 1. The Labute approximate surface area is 152 Å². The van der Waals surface area contributed by atoms with Gasteiger partial charge in [0.05, 0.1) is 13.3 Å². The van der Waals surface area contributed by atoms with E-state index in [1.165, 1.54) is 24.1 Å². The Kier molecular flexibility index (Phi) is 4.44. The molecule has 1 aromatic heterocycles. The van der Waals surface area contributed by atoms with Gasteiger partial charge in [0.25, 0.3) is 5.91 Å². The number of hydrazone groups is 1. The van der Waals surface area contributed by atoms with Gasteiger partial charge in [0.1, 0.15) is 5.75 Å². The molecule has 5 nitrogen and oxygen atoms in total. The molecule has 5 heteroatoms. The van der Waals surface area contributed by atoms with Crippen LogP contribution >= 0.6 is 0 Å². The van der Waals surface area contributed by atoms with Crippen molar-refractivity contribution in [2.75, 3.05) is 7.11 Å². The Hall–Kier alpha value is -3.08. The minimum Gasteiger partial charge on any atom is -0.496 e. The molecule has 0 spiro atoms. The van der Waals surface area contributed by atoms with Gasteiger partial charge in [-0.05, 0) is 61.6 Å². The number of rotatable bonds is 4. The molecule has 1 aliphatic rings. The largest absolute Gasteiger partial charge is 0.496 e. The zero-order valence-corrected chi connectivity index (χ0v) is 14.7. The van der Waals surface area contributed by atoms with Crippen molar-refractivity contribution in [1.82, 2.24) is 10.4 Å². The Bertz CT molecular complexity index is 988. The molecular weight excluding hydrogens is 326 g/mol. The standard InChI is InChI=1S/C21H21N3O2/c1-26-20-9-5-2-6-15(20)13-22-24-21(25)14-10-11-19-17(12-14)16-7-3-4-8-18(16)23-19/h2,5-6,9-13,23H,3-4,7-8H2,1H3,(H,24,25)/b22-13-. The molecule has 0 radical (unpaired) electrons. The highest BCUT2D eigenvalue weighted by Gasteiger charge is 2.16. The third-order valence-electron chi connectivity index (χ3n) is 4.87. The summed E-state index contributed by atoms with van der Waals surface area (Å²) in [7, 11) is 1.61. The summed E-state index contributed by atoms with van der Waals surface area (Å²) >= 11 is 0. The van der Waals surface area contributed by atoms with Gasteiger partial charge in [0, 0.05) is 27.7 Å². The number of H-pyrrole nitrogens is 1. The predicted octanol–water partition coefficient (Wildman–Crippen LogP) is 3.82. The summed E-state index contributed by atoms with van der Waals surface area (Å²) in [5.41, 5.74) is 7.80. The van der Waals surface area contributed by atoms with E-state index in [0.29, 0.717) is 11.3 Å². The number of hydrogen-bond acceptors (Lipinski definition) is 3. The minimum atomic E-state index is -0.219. The van der Waals surface area contributed by atoms with E-state index in [-0.39, 0.29) is 5.91 Å².